The van der Waals surface area contributed by atoms with Gasteiger partial charge in [0, 0.05) is 18.4 Å². The molecular formula is C15H26N2. The molecule has 2 nitrogen and oxygen atoms in total. The van der Waals surface area contributed by atoms with Crippen LogP contribution in [0.1, 0.15) is 45.6 Å². The number of hydrogen-bond donors (Lipinski definition) is 1. The first-order chi connectivity index (χ1) is 8.24. The van der Waals surface area contributed by atoms with Crippen LogP contribution in [-0.4, -0.2) is 17.6 Å². The van der Waals surface area contributed by atoms with Crippen LogP contribution in [0.4, 0.5) is 0 Å². The Morgan fingerprint density at radius 2 is 1.94 bits per heavy atom. The van der Waals surface area contributed by atoms with E-state index < -0.39 is 0 Å². The zero-order chi connectivity index (χ0) is 12.5. The lowest BCUT2D eigenvalue weighted by atomic mass is 9.97. The molecule has 0 saturated heterocycles. The molecular weight excluding hydrogens is 208 g/mol. The molecule has 2 heteroatoms. The number of aromatic nitrogens is 1. The van der Waals surface area contributed by atoms with Gasteiger partial charge in [-0.05, 0) is 55.8 Å². The maximum atomic E-state index is 4.04. The van der Waals surface area contributed by atoms with Crippen molar-refractivity contribution in [3.8, 4) is 0 Å². The monoisotopic (exact) mass is 234 g/mol. The van der Waals surface area contributed by atoms with Crippen LogP contribution in [0.15, 0.2) is 24.5 Å². The highest BCUT2D eigenvalue weighted by atomic mass is 14.9. The molecule has 0 aliphatic rings. The van der Waals surface area contributed by atoms with Crippen molar-refractivity contribution in [2.45, 2.75) is 52.5 Å². The molecule has 0 amide bonds. The molecule has 1 aromatic rings. The molecule has 0 radical (unpaired) electrons. The van der Waals surface area contributed by atoms with Gasteiger partial charge in [0.25, 0.3) is 0 Å². The van der Waals surface area contributed by atoms with Crippen molar-refractivity contribution in [1.82, 2.24) is 10.3 Å². The molecule has 1 unspecified atom stereocenters. The number of hydrogen-bond acceptors (Lipinski definition) is 2. The number of nitrogens with zero attached hydrogens (tertiary/aromatic N) is 1. The summed E-state index contributed by atoms with van der Waals surface area (Å²) in [7, 11) is 0. The number of nitrogens with one attached hydrogen (secondary N) is 1. The first kappa shape index (κ1) is 14.2. The van der Waals surface area contributed by atoms with Gasteiger partial charge in [0.2, 0.25) is 0 Å². The van der Waals surface area contributed by atoms with E-state index in [1.807, 2.05) is 12.4 Å². The van der Waals surface area contributed by atoms with Crippen molar-refractivity contribution < 1.29 is 0 Å². The van der Waals surface area contributed by atoms with E-state index >= 15 is 0 Å². The maximum Gasteiger partial charge on any atom is 0.0270 e. The van der Waals surface area contributed by atoms with Crippen LogP contribution >= 0.6 is 0 Å². The minimum Gasteiger partial charge on any atom is -0.314 e. The van der Waals surface area contributed by atoms with E-state index in [1.165, 1.54) is 31.2 Å². The number of aryl methyl sites for hydroxylation is 1. The number of pyridine rings is 1. The third-order valence-electron chi connectivity index (χ3n) is 3.19. The fourth-order valence-electron chi connectivity index (χ4n) is 2.08. The van der Waals surface area contributed by atoms with E-state index in [1.54, 1.807) is 0 Å². The normalized spacial score (nSPS) is 12.9. The van der Waals surface area contributed by atoms with Gasteiger partial charge in [-0.25, -0.2) is 0 Å². The summed E-state index contributed by atoms with van der Waals surface area (Å²) in [6.45, 7) is 7.97. The Morgan fingerprint density at radius 1 is 1.24 bits per heavy atom. The van der Waals surface area contributed by atoms with E-state index in [2.05, 4.69) is 43.2 Å². The predicted molar refractivity (Wildman–Crippen MR) is 74.1 cm³/mol. The Hall–Kier alpha value is -0.890. The van der Waals surface area contributed by atoms with Gasteiger partial charge >= 0.3 is 0 Å². The highest BCUT2D eigenvalue weighted by Crippen LogP contribution is 2.11. The second-order valence-corrected chi connectivity index (χ2v) is 5.05. The summed E-state index contributed by atoms with van der Waals surface area (Å²) in [5.74, 6) is 0.721. The topological polar surface area (TPSA) is 24.9 Å². The summed E-state index contributed by atoms with van der Waals surface area (Å²) in [4.78, 5) is 4.04. The van der Waals surface area contributed by atoms with Gasteiger partial charge in [-0.3, -0.25) is 4.98 Å². The summed E-state index contributed by atoms with van der Waals surface area (Å²) >= 11 is 0. The van der Waals surface area contributed by atoms with Crippen LogP contribution in [0.5, 0.6) is 0 Å². The molecule has 0 bridgehead atoms. The van der Waals surface area contributed by atoms with Gasteiger partial charge in [-0.2, -0.15) is 0 Å². The van der Waals surface area contributed by atoms with E-state index in [9.17, 15) is 0 Å². The molecule has 1 aromatic heterocycles. The van der Waals surface area contributed by atoms with E-state index in [0.29, 0.717) is 6.04 Å². The zero-order valence-corrected chi connectivity index (χ0v) is 11.4. The second-order valence-electron chi connectivity index (χ2n) is 5.05. The van der Waals surface area contributed by atoms with Gasteiger partial charge in [-0.15, -0.1) is 0 Å². The molecule has 0 aliphatic heterocycles. The second kappa shape index (κ2) is 8.24. The zero-order valence-electron chi connectivity index (χ0n) is 11.4. The van der Waals surface area contributed by atoms with Crippen molar-refractivity contribution in [1.29, 1.82) is 0 Å². The summed E-state index contributed by atoms with van der Waals surface area (Å²) in [6.07, 6.45) is 8.66. The van der Waals surface area contributed by atoms with E-state index in [4.69, 9.17) is 0 Å². The van der Waals surface area contributed by atoms with Gasteiger partial charge in [0.1, 0.15) is 0 Å². The lowest BCUT2D eigenvalue weighted by Gasteiger charge is -2.22. The molecule has 17 heavy (non-hydrogen) atoms. The standard InChI is InChI=1S/C15H26N2/c1-4-10-17-15(13(2)3)7-5-6-14-8-11-16-12-9-14/h8-9,11-13,15,17H,4-7,10H2,1-3H3. The number of rotatable bonds is 8. The third-order valence-corrected chi connectivity index (χ3v) is 3.19. The molecule has 0 saturated carbocycles. The van der Waals surface area contributed by atoms with Crippen LogP contribution in [0.2, 0.25) is 0 Å². The summed E-state index contributed by atoms with van der Waals surface area (Å²) in [5, 5.41) is 3.64. The van der Waals surface area contributed by atoms with E-state index in [0.717, 1.165) is 12.5 Å². The van der Waals surface area contributed by atoms with Crippen molar-refractivity contribution >= 4 is 0 Å². The highest BCUT2D eigenvalue weighted by Gasteiger charge is 2.11. The van der Waals surface area contributed by atoms with Crippen LogP contribution in [0.3, 0.4) is 0 Å². The van der Waals surface area contributed by atoms with Crippen molar-refractivity contribution in [2.24, 2.45) is 5.92 Å². The largest absolute Gasteiger partial charge is 0.314 e. The maximum absolute atomic E-state index is 4.04. The smallest absolute Gasteiger partial charge is 0.0270 e. The van der Waals surface area contributed by atoms with Crippen LogP contribution < -0.4 is 5.32 Å². The lowest BCUT2D eigenvalue weighted by molar-refractivity contribution is 0.370. The Balaban J connectivity index is 2.27. The first-order valence-corrected chi connectivity index (χ1v) is 6.86. The minimum atomic E-state index is 0.664. The van der Waals surface area contributed by atoms with Crippen molar-refractivity contribution in [2.75, 3.05) is 6.54 Å². The van der Waals surface area contributed by atoms with Crippen molar-refractivity contribution in [3.05, 3.63) is 30.1 Å². The van der Waals surface area contributed by atoms with Crippen molar-refractivity contribution in [3.63, 3.8) is 0 Å². The quantitative estimate of drug-likeness (QED) is 0.745. The Kier molecular flexibility index (Phi) is 6.87. The fraction of sp³-hybridized carbons (Fsp3) is 0.667. The van der Waals surface area contributed by atoms with Gasteiger partial charge in [0.15, 0.2) is 0 Å². The average Bonchev–Trinajstić information content (AvgIpc) is 2.34. The summed E-state index contributed by atoms with van der Waals surface area (Å²) in [5.41, 5.74) is 1.40. The van der Waals surface area contributed by atoms with Gasteiger partial charge in [-0.1, -0.05) is 20.8 Å². The molecule has 0 spiro atoms. The Labute approximate surface area is 106 Å². The third kappa shape index (κ3) is 5.83. The fourth-order valence-corrected chi connectivity index (χ4v) is 2.08. The first-order valence-electron chi connectivity index (χ1n) is 6.86. The predicted octanol–water partition coefficient (Wildman–Crippen LogP) is 3.43. The van der Waals surface area contributed by atoms with Gasteiger partial charge < -0.3 is 5.32 Å². The molecule has 1 heterocycles. The minimum absolute atomic E-state index is 0.664. The average molecular weight is 234 g/mol. The van der Waals surface area contributed by atoms with E-state index in [-0.39, 0.29) is 0 Å². The van der Waals surface area contributed by atoms with Crippen LogP contribution in [-0.2, 0) is 6.42 Å². The molecule has 1 rings (SSSR count). The molecule has 96 valence electrons. The lowest BCUT2D eigenvalue weighted by Crippen LogP contribution is -2.34. The molecule has 1 atom stereocenters. The van der Waals surface area contributed by atoms with Gasteiger partial charge in [0.05, 0.1) is 0 Å². The summed E-state index contributed by atoms with van der Waals surface area (Å²) < 4.78 is 0. The molecule has 1 N–H and O–H groups in total. The molecule has 0 aromatic carbocycles. The summed E-state index contributed by atoms with van der Waals surface area (Å²) in [6, 6.07) is 4.89. The Bertz CT molecular complexity index is 282. The Morgan fingerprint density at radius 3 is 2.53 bits per heavy atom. The van der Waals surface area contributed by atoms with Crippen LogP contribution in [0.25, 0.3) is 0 Å². The molecule has 0 fully saturated rings. The van der Waals surface area contributed by atoms with Crippen LogP contribution in [0, 0.1) is 5.92 Å². The highest BCUT2D eigenvalue weighted by molar-refractivity contribution is 5.09. The molecule has 0 aliphatic carbocycles. The SMILES string of the molecule is CCCNC(CCCc1ccncc1)C(C)C.